The van der Waals surface area contributed by atoms with Crippen LogP contribution < -0.4 is 0 Å². The first kappa shape index (κ1) is 17.5. The Labute approximate surface area is 154 Å². The molecule has 0 radical (unpaired) electrons. The highest BCUT2D eigenvalue weighted by Gasteiger charge is 2.32. The van der Waals surface area contributed by atoms with E-state index in [4.69, 9.17) is 0 Å². The van der Waals surface area contributed by atoms with E-state index >= 15 is 0 Å². The molecule has 1 aliphatic heterocycles. The van der Waals surface area contributed by atoms with Gasteiger partial charge in [-0.15, -0.1) is 11.3 Å². The van der Waals surface area contributed by atoms with Crippen molar-refractivity contribution in [3.8, 4) is 0 Å². The molecule has 4 rings (SSSR count). The van der Waals surface area contributed by atoms with Gasteiger partial charge in [-0.25, -0.2) is 4.98 Å². The van der Waals surface area contributed by atoms with Crippen molar-refractivity contribution in [2.45, 2.75) is 64.1 Å². The fourth-order valence-corrected chi connectivity index (χ4v) is 5.50. The van der Waals surface area contributed by atoms with E-state index in [9.17, 15) is 5.11 Å². The molecule has 2 aliphatic rings. The molecule has 1 aliphatic carbocycles. The Hall–Kier alpha value is -0.950. The number of aromatic nitrogens is 2. The van der Waals surface area contributed by atoms with Gasteiger partial charge in [-0.05, 0) is 26.2 Å². The summed E-state index contributed by atoms with van der Waals surface area (Å²) in [5.74, 6) is 0. The zero-order valence-electron chi connectivity index (χ0n) is 15.2. The van der Waals surface area contributed by atoms with Crippen LogP contribution in [0.4, 0.5) is 0 Å². The molecule has 1 atom stereocenters. The molecule has 2 fully saturated rings. The average Bonchev–Trinajstić information content (AvgIpc) is 3.19. The predicted molar refractivity (Wildman–Crippen MR) is 102 cm³/mol. The minimum atomic E-state index is 0.294. The van der Waals surface area contributed by atoms with Gasteiger partial charge in [0.25, 0.3) is 0 Å². The zero-order valence-corrected chi connectivity index (χ0v) is 16.0. The summed E-state index contributed by atoms with van der Waals surface area (Å²) in [6.45, 7) is 6.70. The summed E-state index contributed by atoms with van der Waals surface area (Å²) in [6, 6.07) is 1.24. The molecule has 1 N–H and O–H groups in total. The quantitative estimate of drug-likeness (QED) is 0.888. The number of hydrogen-bond acceptors (Lipinski definition) is 5. The Bertz CT molecular complexity index is 691. The molecule has 1 saturated carbocycles. The second-order valence-corrected chi connectivity index (χ2v) is 8.50. The van der Waals surface area contributed by atoms with Crippen LogP contribution in [0.15, 0.2) is 11.6 Å². The Morgan fingerprint density at radius 1 is 1.24 bits per heavy atom. The third-order valence-electron chi connectivity index (χ3n) is 6.05. The molecule has 2 aromatic heterocycles. The van der Waals surface area contributed by atoms with Gasteiger partial charge in [0.2, 0.25) is 0 Å². The van der Waals surface area contributed by atoms with Gasteiger partial charge in [0.1, 0.15) is 0 Å². The normalized spacial score (nSPS) is 24.3. The van der Waals surface area contributed by atoms with Crippen LogP contribution in [0.25, 0.3) is 4.96 Å². The van der Waals surface area contributed by atoms with E-state index in [1.54, 1.807) is 11.3 Å². The van der Waals surface area contributed by atoms with Crippen molar-refractivity contribution < 1.29 is 5.11 Å². The van der Waals surface area contributed by atoms with Crippen molar-refractivity contribution in [2.24, 2.45) is 0 Å². The molecule has 0 aromatic carbocycles. The van der Waals surface area contributed by atoms with Crippen LogP contribution >= 0.6 is 11.3 Å². The average molecular weight is 363 g/mol. The molecule has 138 valence electrons. The summed E-state index contributed by atoms with van der Waals surface area (Å²) in [4.78, 5) is 11.1. The van der Waals surface area contributed by atoms with Gasteiger partial charge >= 0.3 is 0 Å². The SMILES string of the molecule is Cc1nc2sccn2c1CN1CCN(C2CCCCC2)[C@@H](CCO)C1. The monoisotopic (exact) mass is 362 g/mol. The van der Waals surface area contributed by atoms with Crippen LogP contribution in [-0.2, 0) is 6.54 Å². The van der Waals surface area contributed by atoms with Gasteiger partial charge < -0.3 is 5.11 Å². The number of nitrogens with zero attached hydrogens (tertiary/aromatic N) is 4. The summed E-state index contributed by atoms with van der Waals surface area (Å²) in [5.41, 5.74) is 2.48. The van der Waals surface area contributed by atoms with E-state index < -0.39 is 0 Å². The van der Waals surface area contributed by atoms with Crippen LogP contribution in [0.2, 0.25) is 0 Å². The van der Waals surface area contributed by atoms with E-state index in [2.05, 4.69) is 37.7 Å². The van der Waals surface area contributed by atoms with Crippen LogP contribution in [0, 0.1) is 6.92 Å². The van der Waals surface area contributed by atoms with Gasteiger partial charge in [-0.3, -0.25) is 14.2 Å². The highest BCUT2D eigenvalue weighted by atomic mass is 32.1. The molecule has 0 unspecified atom stereocenters. The number of aliphatic hydroxyl groups is 1. The Kier molecular flexibility index (Phi) is 5.41. The fraction of sp³-hybridized carbons (Fsp3) is 0.737. The number of aliphatic hydroxyl groups excluding tert-OH is 1. The number of fused-ring (bicyclic) bond motifs is 1. The lowest BCUT2D eigenvalue weighted by Crippen LogP contribution is -2.56. The summed E-state index contributed by atoms with van der Waals surface area (Å²) < 4.78 is 2.24. The van der Waals surface area contributed by atoms with E-state index in [-0.39, 0.29) is 0 Å². The van der Waals surface area contributed by atoms with E-state index in [1.165, 1.54) is 37.8 Å². The zero-order chi connectivity index (χ0) is 17.2. The topological polar surface area (TPSA) is 44.0 Å². The van der Waals surface area contributed by atoms with Gasteiger partial charge in [0, 0.05) is 56.4 Å². The largest absolute Gasteiger partial charge is 0.396 e. The molecule has 2 aromatic rings. The Morgan fingerprint density at radius 3 is 2.88 bits per heavy atom. The highest BCUT2D eigenvalue weighted by Crippen LogP contribution is 2.28. The maximum Gasteiger partial charge on any atom is 0.194 e. The highest BCUT2D eigenvalue weighted by molar-refractivity contribution is 7.15. The first-order chi connectivity index (χ1) is 12.3. The molecule has 1 saturated heterocycles. The smallest absolute Gasteiger partial charge is 0.194 e. The number of aryl methyl sites for hydroxylation is 1. The predicted octanol–water partition coefficient (Wildman–Crippen LogP) is 2.91. The van der Waals surface area contributed by atoms with Crippen molar-refractivity contribution >= 4 is 16.3 Å². The minimum Gasteiger partial charge on any atom is -0.396 e. The van der Waals surface area contributed by atoms with Crippen molar-refractivity contribution in [3.63, 3.8) is 0 Å². The van der Waals surface area contributed by atoms with Crippen LogP contribution in [0.1, 0.15) is 49.9 Å². The number of rotatable bonds is 5. The molecule has 0 amide bonds. The maximum atomic E-state index is 9.58. The van der Waals surface area contributed by atoms with E-state index in [0.717, 1.165) is 49.3 Å². The third kappa shape index (κ3) is 3.63. The number of piperazine rings is 1. The van der Waals surface area contributed by atoms with Gasteiger partial charge in [0.05, 0.1) is 11.4 Å². The lowest BCUT2D eigenvalue weighted by molar-refractivity contribution is 0.0131. The molecular weight excluding hydrogens is 332 g/mol. The first-order valence-corrected chi connectivity index (χ1v) is 10.6. The molecule has 0 bridgehead atoms. The number of thiazole rings is 1. The lowest BCUT2D eigenvalue weighted by atomic mass is 9.92. The maximum absolute atomic E-state index is 9.58. The van der Waals surface area contributed by atoms with Crippen LogP contribution in [0.5, 0.6) is 0 Å². The van der Waals surface area contributed by atoms with Crippen molar-refractivity contribution in [1.29, 1.82) is 0 Å². The minimum absolute atomic E-state index is 0.294. The molecular formula is C19H30N4OS. The summed E-state index contributed by atoms with van der Waals surface area (Å²) in [7, 11) is 0. The molecule has 6 heteroatoms. The lowest BCUT2D eigenvalue weighted by Gasteiger charge is -2.46. The van der Waals surface area contributed by atoms with Crippen molar-refractivity contribution in [1.82, 2.24) is 19.2 Å². The fourth-order valence-electron chi connectivity index (χ4n) is 4.72. The van der Waals surface area contributed by atoms with Crippen molar-refractivity contribution in [2.75, 3.05) is 26.2 Å². The molecule has 5 nitrogen and oxygen atoms in total. The van der Waals surface area contributed by atoms with Crippen LogP contribution in [0.3, 0.4) is 0 Å². The van der Waals surface area contributed by atoms with Gasteiger partial charge in [0.15, 0.2) is 4.96 Å². The first-order valence-electron chi connectivity index (χ1n) is 9.76. The third-order valence-corrected chi connectivity index (χ3v) is 6.81. The Morgan fingerprint density at radius 2 is 2.08 bits per heavy atom. The summed E-state index contributed by atoms with van der Waals surface area (Å²) in [6.07, 6.45) is 9.88. The van der Waals surface area contributed by atoms with E-state index in [0.29, 0.717) is 12.6 Å². The van der Waals surface area contributed by atoms with E-state index in [1.807, 2.05) is 0 Å². The molecule has 3 heterocycles. The summed E-state index contributed by atoms with van der Waals surface area (Å²) >= 11 is 1.70. The second-order valence-electron chi connectivity index (χ2n) is 7.63. The summed E-state index contributed by atoms with van der Waals surface area (Å²) in [5, 5.41) is 11.7. The Balaban J connectivity index is 1.45. The van der Waals surface area contributed by atoms with Gasteiger partial charge in [-0.2, -0.15) is 0 Å². The number of hydrogen-bond donors (Lipinski definition) is 1. The van der Waals surface area contributed by atoms with Crippen LogP contribution in [-0.4, -0.2) is 62.6 Å². The van der Waals surface area contributed by atoms with Crippen molar-refractivity contribution in [3.05, 3.63) is 23.0 Å². The van der Waals surface area contributed by atoms with Gasteiger partial charge in [-0.1, -0.05) is 19.3 Å². The molecule has 25 heavy (non-hydrogen) atoms. The number of imidazole rings is 1. The standard InChI is InChI=1S/C19H30N4OS/c1-15-18(23-10-12-25-19(23)20-15)14-21-8-9-22(17(13-21)7-11-24)16-5-3-2-4-6-16/h10,12,16-17,24H,2-9,11,13-14H2,1H3/t17-/m0/s1. The molecule has 0 spiro atoms. The second kappa shape index (κ2) is 7.74.